The van der Waals surface area contributed by atoms with Crippen molar-refractivity contribution in [3.8, 4) is 0 Å². The van der Waals surface area contributed by atoms with Gasteiger partial charge in [0.05, 0.1) is 17.1 Å². The highest BCUT2D eigenvalue weighted by molar-refractivity contribution is 6.01. The molecular weight excluding hydrogens is 326 g/mol. The average molecular weight is 349 g/mol. The van der Waals surface area contributed by atoms with Gasteiger partial charge >= 0.3 is 0 Å². The molecule has 4 aromatic carbocycles. The number of hydrogen-bond acceptors (Lipinski definition) is 1. The normalized spacial score (nSPS) is 14.7. The zero-order valence-corrected chi connectivity index (χ0v) is 16.0. The summed E-state index contributed by atoms with van der Waals surface area (Å²) < 4.78 is 0. The van der Waals surface area contributed by atoms with Crippen LogP contribution in [0.5, 0.6) is 0 Å². The van der Waals surface area contributed by atoms with Crippen molar-refractivity contribution in [1.29, 1.82) is 0 Å². The Bertz CT molecular complexity index is 1120. The van der Waals surface area contributed by atoms with Crippen molar-refractivity contribution in [3.05, 3.63) is 102 Å². The van der Waals surface area contributed by atoms with E-state index in [1.54, 1.807) is 0 Å². The Morgan fingerprint density at radius 2 is 1.07 bits per heavy atom. The van der Waals surface area contributed by atoms with Crippen molar-refractivity contribution < 1.29 is 0 Å². The zero-order valence-electron chi connectivity index (χ0n) is 16.0. The quantitative estimate of drug-likeness (QED) is 0.349. The van der Waals surface area contributed by atoms with Gasteiger partial charge in [-0.25, -0.2) is 0 Å². The molecular formula is C26H23N. The first kappa shape index (κ1) is 16.1. The van der Waals surface area contributed by atoms with Gasteiger partial charge in [-0.15, -0.1) is 0 Å². The van der Waals surface area contributed by atoms with Crippen LogP contribution < -0.4 is 4.90 Å². The van der Waals surface area contributed by atoms with E-state index < -0.39 is 0 Å². The van der Waals surface area contributed by atoms with Crippen LogP contribution in [0.4, 0.5) is 17.1 Å². The van der Waals surface area contributed by atoms with Crippen molar-refractivity contribution in [2.75, 3.05) is 4.90 Å². The summed E-state index contributed by atoms with van der Waals surface area (Å²) in [7, 11) is 0. The van der Waals surface area contributed by atoms with Gasteiger partial charge in [-0.05, 0) is 47.2 Å². The number of para-hydroxylation sites is 2. The van der Waals surface area contributed by atoms with E-state index in [1.807, 2.05) is 0 Å². The van der Waals surface area contributed by atoms with E-state index >= 15 is 0 Å². The lowest BCUT2D eigenvalue weighted by Crippen LogP contribution is -2.30. The highest BCUT2D eigenvalue weighted by Crippen LogP contribution is 2.52. The molecule has 0 saturated carbocycles. The van der Waals surface area contributed by atoms with Crippen LogP contribution >= 0.6 is 0 Å². The molecule has 0 N–H and O–H groups in total. The largest absolute Gasteiger partial charge is 0.309 e. The highest BCUT2D eigenvalue weighted by Gasteiger charge is 2.36. The molecule has 27 heavy (non-hydrogen) atoms. The topological polar surface area (TPSA) is 3.24 Å². The first-order chi connectivity index (χ1) is 13.1. The molecule has 1 nitrogen and oxygen atoms in total. The minimum atomic E-state index is -0.0236. The maximum atomic E-state index is 2.44. The van der Waals surface area contributed by atoms with Gasteiger partial charge in [0, 0.05) is 10.8 Å². The van der Waals surface area contributed by atoms with Crippen molar-refractivity contribution in [2.45, 2.75) is 26.2 Å². The van der Waals surface area contributed by atoms with Crippen LogP contribution in [-0.4, -0.2) is 0 Å². The number of aryl methyl sites for hydroxylation is 1. The summed E-state index contributed by atoms with van der Waals surface area (Å²) in [5, 5.41) is 2.61. The Morgan fingerprint density at radius 3 is 1.74 bits per heavy atom. The number of hydrogen-bond donors (Lipinski definition) is 0. The fourth-order valence-electron chi connectivity index (χ4n) is 4.57. The van der Waals surface area contributed by atoms with Crippen LogP contribution in [0.15, 0.2) is 84.9 Å². The van der Waals surface area contributed by atoms with Gasteiger partial charge in [0.25, 0.3) is 0 Å². The molecule has 4 aromatic rings. The van der Waals surface area contributed by atoms with Crippen LogP contribution in [0.2, 0.25) is 0 Å². The molecule has 132 valence electrons. The third-order valence-electron chi connectivity index (χ3n) is 5.99. The number of anilines is 3. The Hall–Kier alpha value is -3.06. The second-order valence-corrected chi connectivity index (χ2v) is 7.94. The maximum absolute atomic E-state index is 2.44. The van der Waals surface area contributed by atoms with Crippen LogP contribution in [0.1, 0.15) is 30.5 Å². The second-order valence-electron chi connectivity index (χ2n) is 7.94. The molecule has 0 amide bonds. The zero-order chi connectivity index (χ0) is 18.6. The molecule has 0 atom stereocenters. The van der Waals surface area contributed by atoms with E-state index in [-0.39, 0.29) is 5.41 Å². The second kappa shape index (κ2) is 5.72. The van der Waals surface area contributed by atoms with Crippen LogP contribution in [0.25, 0.3) is 10.8 Å². The molecule has 0 fully saturated rings. The van der Waals surface area contributed by atoms with Crippen molar-refractivity contribution in [2.24, 2.45) is 0 Å². The predicted octanol–water partition coefficient (Wildman–Crippen LogP) is 7.26. The van der Waals surface area contributed by atoms with E-state index in [0.29, 0.717) is 0 Å². The average Bonchev–Trinajstić information content (AvgIpc) is 2.69. The summed E-state index contributed by atoms with van der Waals surface area (Å²) in [4.78, 5) is 2.44. The number of nitrogens with zero attached hydrogens (tertiary/aromatic N) is 1. The summed E-state index contributed by atoms with van der Waals surface area (Å²) in [6, 6.07) is 30.9. The molecule has 1 aliphatic heterocycles. The Morgan fingerprint density at radius 1 is 0.556 bits per heavy atom. The SMILES string of the molecule is Cc1cccc2c(N3c4ccccc4C(C)(C)c4ccccc43)cccc12. The fourth-order valence-corrected chi connectivity index (χ4v) is 4.57. The minimum Gasteiger partial charge on any atom is -0.309 e. The van der Waals surface area contributed by atoms with Crippen molar-refractivity contribution in [3.63, 3.8) is 0 Å². The Labute approximate surface area is 160 Å². The molecule has 0 radical (unpaired) electrons. The first-order valence-electron chi connectivity index (χ1n) is 9.56. The smallest absolute Gasteiger partial charge is 0.0540 e. The number of rotatable bonds is 1. The highest BCUT2D eigenvalue weighted by atomic mass is 15.2. The van der Waals surface area contributed by atoms with E-state index in [4.69, 9.17) is 0 Å². The number of benzene rings is 4. The predicted molar refractivity (Wildman–Crippen MR) is 115 cm³/mol. The molecule has 0 bridgehead atoms. The van der Waals surface area contributed by atoms with Gasteiger partial charge < -0.3 is 4.90 Å². The van der Waals surface area contributed by atoms with Crippen LogP contribution in [-0.2, 0) is 5.41 Å². The van der Waals surface area contributed by atoms with E-state index in [0.717, 1.165) is 0 Å². The summed E-state index contributed by atoms with van der Waals surface area (Å²) in [5.41, 5.74) is 7.82. The monoisotopic (exact) mass is 349 g/mol. The molecule has 0 spiro atoms. The van der Waals surface area contributed by atoms with Gasteiger partial charge in [-0.3, -0.25) is 0 Å². The molecule has 5 rings (SSSR count). The van der Waals surface area contributed by atoms with Crippen molar-refractivity contribution >= 4 is 27.8 Å². The molecule has 0 aliphatic carbocycles. The molecule has 0 aromatic heterocycles. The molecule has 0 saturated heterocycles. The third kappa shape index (κ3) is 2.24. The maximum Gasteiger partial charge on any atom is 0.0540 e. The Kier molecular flexibility index (Phi) is 3.42. The summed E-state index contributed by atoms with van der Waals surface area (Å²) in [5.74, 6) is 0. The van der Waals surface area contributed by atoms with E-state index in [1.165, 1.54) is 44.5 Å². The van der Waals surface area contributed by atoms with Gasteiger partial charge in [0.2, 0.25) is 0 Å². The molecule has 0 unspecified atom stereocenters. The van der Waals surface area contributed by atoms with Gasteiger partial charge in [0.15, 0.2) is 0 Å². The van der Waals surface area contributed by atoms with Crippen LogP contribution in [0.3, 0.4) is 0 Å². The van der Waals surface area contributed by atoms with Gasteiger partial charge in [0.1, 0.15) is 0 Å². The van der Waals surface area contributed by atoms with Crippen LogP contribution in [0, 0.1) is 6.92 Å². The molecule has 1 heterocycles. The Balaban J connectivity index is 1.89. The minimum absolute atomic E-state index is 0.0236. The third-order valence-corrected chi connectivity index (χ3v) is 5.99. The lowest BCUT2D eigenvalue weighted by molar-refractivity contribution is 0.632. The summed E-state index contributed by atoms with van der Waals surface area (Å²) in [6.45, 7) is 6.85. The lowest BCUT2D eigenvalue weighted by atomic mass is 9.73. The van der Waals surface area contributed by atoms with E-state index in [9.17, 15) is 0 Å². The number of fused-ring (bicyclic) bond motifs is 3. The lowest BCUT2D eigenvalue weighted by Gasteiger charge is -2.42. The summed E-state index contributed by atoms with van der Waals surface area (Å²) >= 11 is 0. The molecule has 1 heteroatoms. The van der Waals surface area contributed by atoms with Crippen molar-refractivity contribution in [1.82, 2.24) is 0 Å². The van der Waals surface area contributed by atoms with E-state index in [2.05, 4.69) is 111 Å². The fraction of sp³-hybridized carbons (Fsp3) is 0.154. The standard InChI is InChI=1S/C26H23N/c1-18-10-8-12-20-19(18)11-9-17-23(20)27-24-15-6-4-13-21(24)26(2,3)22-14-5-7-16-25(22)27/h4-17H,1-3H3. The molecule has 1 aliphatic rings. The van der Waals surface area contributed by atoms with Gasteiger partial charge in [-0.2, -0.15) is 0 Å². The first-order valence-corrected chi connectivity index (χ1v) is 9.56. The summed E-state index contributed by atoms with van der Waals surface area (Å²) in [6.07, 6.45) is 0. The van der Waals surface area contributed by atoms with Gasteiger partial charge in [-0.1, -0.05) is 80.6 Å².